The van der Waals surface area contributed by atoms with Gasteiger partial charge in [-0.05, 0) is 38.3 Å². The van der Waals surface area contributed by atoms with Gasteiger partial charge in [-0.15, -0.1) is 6.58 Å². The standard InChI is InChI=1S/C17H24N2O2/c1-2-9-19-16(20)5-3-7-17(19)8-4-10-18(14-17)12-15-6-11-21-13-15/h2,6,11,13H,1,3-5,7-10,12,14H2. The van der Waals surface area contributed by atoms with E-state index in [0.717, 1.165) is 45.3 Å². The highest BCUT2D eigenvalue weighted by Crippen LogP contribution is 2.37. The Morgan fingerprint density at radius 3 is 3.00 bits per heavy atom. The van der Waals surface area contributed by atoms with Gasteiger partial charge in [-0.25, -0.2) is 0 Å². The summed E-state index contributed by atoms with van der Waals surface area (Å²) in [6.07, 6.45) is 10.5. The summed E-state index contributed by atoms with van der Waals surface area (Å²) in [5.74, 6) is 0.298. The second-order valence-corrected chi connectivity index (χ2v) is 6.32. The van der Waals surface area contributed by atoms with Gasteiger partial charge in [0.15, 0.2) is 0 Å². The molecule has 1 atom stereocenters. The van der Waals surface area contributed by atoms with E-state index in [2.05, 4.69) is 16.4 Å². The van der Waals surface area contributed by atoms with Gasteiger partial charge in [0.25, 0.3) is 0 Å². The lowest BCUT2D eigenvalue weighted by atomic mass is 9.79. The molecule has 0 aromatic carbocycles. The van der Waals surface area contributed by atoms with Crippen LogP contribution in [0.4, 0.5) is 0 Å². The van der Waals surface area contributed by atoms with Crippen LogP contribution in [0.15, 0.2) is 35.7 Å². The zero-order chi connectivity index (χ0) is 14.7. The summed E-state index contributed by atoms with van der Waals surface area (Å²) in [4.78, 5) is 16.9. The van der Waals surface area contributed by atoms with Crippen molar-refractivity contribution in [1.82, 2.24) is 9.80 Å². The van der Waals surface area contributed by atoms with Gasteiger partial charge in [-0.3, -0.25) is 9.69 Å². The lowest BCUT2D eigenvalue weighted by Gasteiger charge is -2.52. The van der Waals surface area contributed by atoms with Crippen LogP contribution in [-0.2, 0) is 11.3 Å². The van der Waals surface area contributed by atoms with E-state index in [1.165, 1.54) is 5.56 Å². The lowest BCUT2D eigenvalue weighted by Crippen LogP contribution is -2.62. The number of hydrogen-bond donors (Lipinski definition) is 0. The topological polar surface area (TPSA) is 36.7 Å². The number of carbonyl (C=O) groups excluding carboxylic acids is 1. The van der Waals surface area contributed by atoms with Gasteiger partial charge < -0.3 is 9.32 Å². The second-order valence-electron chi connectivity index (χ2n) is 6.32. The summed E-state index contributed by atoms with van der Waals surface area (Å²) in [5, 5.41) is 0. The molecule has 3 rings (SSSR count). The Balaban J connectivity index is 1.75. The Morgan fingerprint density at radius 2 is 2.24 bits per heavy atom. The Kier molecular flexibility index (Phi) is 4.15. The van der Waals surface area contributed by atoms with Gasteiger partial charge in [-0.1, -0.05) is 6.08 Å². The smallest absolute Gasteiger partial charge is 0.223 e. The van der Waals surface area contributed by atoms with Crippen LogP contribution >= 0.6 is 0 Å². The number of hydrogen-bond acceptors (Lipinski definition) is 3. The number of rotatable bonds is 4. The molecule has 2 fully saturated rings. The first-order valence-electron chi connectivity index (χ1n) is 7.88. The Morgan fingerprint density at radius 1 is 1.38 bits per heavy atom. The highest BCUT2D eigenvalue weighted by atomic mass is 16.3. The van der Waals surface area contributed by atoms with Gasteiger partial charge in [0.05, 0.1) is 18.1 Å². The zero-order valence-electron chi connectivity index (χ0n) is 12.6. The fourth-order valence-corrected chi connectivity index (χ4v) is 3.93. The molecule has 1 aromatic heterocycles. The number of likely N-dealkylation sites (tertiary alicyclic amines) is 2. The van der Waals surface area contributed by atoms with Crippen molar-refractivity contribution in [2.45, 2.75) is 44.2 Å². The maximum Gasteiger partial charge on any atom is 0.223 e. The molecule has 2 saturated heterocycles. The molecule has 1 aromatic rings. The molecule has 0 saturated carbocycles. The van der Waals surface area contributed by atoms with Gasteiger partial charge in [0.1, 0.15) is 0 Å². The molecule has 3 heterocycles. The molecule has 21 heavy (non-hydrogen) atoms. The van der Waals surface area contributed by atoms with Crippen molar-refractivity contribution in [3.8, 4) is 0 Å². The number of furan rings is 1. The maximum atomic E-state index is 12.3. The summed E-state index contributed by atoms with van der Waals surface area (Å²) < 4.78 is 5.17. The predicted octanol–water partition coefficient (Wildman–Crippen LogP) is 2.81. The van der Waals surface area contributed by atoms with Crippen LogP contribution in [-0.4, -0.2) is 40.9 Å². The number of nitrogens with zero attached hydrogens (tertiary/aromatic N) is 2. The SMILES string of the molecule is C=CCN1C(=O)CCCC12CCCN(Cc1ccoc1)C2. The molecule has 2 aliphatic heterocycles. The fourth-order valence-electron chi connectivity index (χ4n) is 3.93. The minimum atomic E-state index is 0.0194. The quantitative estimate of drug-likeness (QED) is 0.799. The first-order valence-corrected chi connectivity index (χ1v) is 7.88. The van der Waals surface area contributed by atoms with E-state index in [-0.39, 0.29) is 5.54 Å². The minimum absolute atomic E-state index is 0.0194. The van der Waals surface area contributed by atoms with Gasteiger partial charge >= 0.3 is 0 Å². The van der Waals surface area contributed by atoms with Crippen molar-refractivity contribution in [2.75, 3.05) is 19.6 Å². The van der Waals surface area contributed by atoms with Crippen molar-refractivity contribution < 1.29 is 9.21 Å². The van der Waals surface area contributed by atoms with E-state index in [4.69, 9.17) is 4.42 Å². The predicted molar refractivity (Wildman–Crippen MR) is 81.7 cm³/mol. The van der Waals surface area contributed by atoms with Crippen molar-refractivity contribution in [2.24, 2.45) is 0 Å². The van der Waals surface area contributed by atoms with E-state index in [1.54, 1.807) is 6.26 Å². The van der Waals surface area contributed by atoms with Crippen LogP contribution in [0, 0.1) is 0 Å². The Hall–Kier alpha value is -1.55. The molecular formula is C17H24N2O2. The Bertz CT molecular complexity index is 493. The summed E-state index contributed by atoms with van der Waals surface area (Å²) in [7, 11) is 0. The summed E-state index contributed by atoms with van der Waals surface area (Å²) in [6.45, 7) is 7.49. The molecule has 114 valence electrons. The molecule has 1 spiro atoms. The molecule has 0 bridgehead atoms. The van der Waals surface area contributed by atoms with Crippen LogP contribution in [0.5, 0.6) is 0 Å². The van der Waals surface area contributed by atoms with Crippen molar-refractivity contribution in [3.05, 3.63) is 36.8 Å². The van der Waals surface area contributed by atoms with E-state index in [9.17, 15) is 4.79 Å². The number of piperidine rings is 2. The van der Waals surface area contributed by atoms with E-state index in [0.29, 0.717) is 18.9 Å². The van der Waals surface area contributed by atoms with E-state index < -0.39 is 0 Å². The monoisotopic (exact) mass is 288 g/mol. The van der Waals surface area contributed by atoms with Crippen LogP contribution in [0.3, 0.4) is 0 Å². The first kappa shape index (κ1) is 14.4. The largest absolute Gasteiger partial charge is 0.472 e. The third-order valence-electron chi connectivity index (χ3n) is 4.84. The molecule has 0 aliphatic carbocycles. The highest BCUT2D eigenvalue weighted by Gasteiger charge is 2.44. The average molecular weight is 288 g/mol. The van der Waals surface area contributed by atoms with Crippen LogP contribution in [0.1, 0.15) is 37.7 Å². The summed E-state index contributed by atoms with van der Waals surface area (Å²) in [6, 6.07) is 2.02. The molecule has 2 aliphatic rings. The second kappa shape index (κ2) is 6.06. The van der Waals surface area contributed by atoms with Crippen molar-refractivity contribution >= 4 is 5.91 Å². The van der Waals surface area contributed by atoms with Crippen LogP contribution in [0.2, 0.25) is 0 Å². The minimum Gasteiger partial charge on any atom is -0.472 e. The summed E-state index contributed by atoms with van der Waals surface area (Å²) in [5.41, 5.74) is 1.23. The van der Waals surface area contributed by atoms with Gasteiger partial charge in [-0.2, -0.15) is 0 Å². The van der Waals surface area contributed by atoms with Crippen molar-refractivity contribution in [1.29, 1.82) is 0 Å². The van der Waals surface area contributed by atoms with Crippen LogP contribution < -0.4 is 0 Å². The molecule has 0 N–H and O–H groups in total. The van der Waals surface area contributed by atoms with Crippen molar-refractivity contribution in [3.63, 3.8) is 0 Å². The van der Waals surface area contributed by atoms with Gasteiger partial charge in [0.2, 0.25) is 5.91 Å². The van der Waals surface area contributed by atoms with E-state index in [1.807, 2.05) is 18.4 Å². The maximum absolute atomic E-state index is 12.3. The molecule has 4 nitrogen and oxygen atoms in total. The fraction of sp³-hybridized carbons (Fsp3) is 0.588. The number of carbonyl (C=O) groups is 1. The highest BCUT2D eigenvalue weighted by molar-refractivity contribution is 5.78. The average Bonchev–Trinajstić information content (AvgIpc) is 2.96. The normalized spacial score (nSPS) is 27.2. The molecule has 1 unspecified atom stereocenters. The zero-order valence-corrected chi connectivity index (χ0v) is 12.6. The number of amides is 1. The molecule has 1 amide bonds. The Labute approximate surface area is 126 Å². The molecular weight excluding hydrogens is 264 g/mol. The van der Waals surface area contributed by atoms with E-state index >= 15 is 0 Å². The molecule has 0 radical (unpaired) electrons. The lowest BCUT2D eigenvalue weighted by molar-refractivity contribution is -0.144. The third kappa shape index (κ3) is 2.91. The third-order valence-corrected chi connectivity index (χ3v) is 4.84. The first-order chi connectivity index (χ1) is 10.2. The molecule has 4 heteroatoms. The summed E-state index contributed by atoms with van der Waals surface area (Å²) >= 11 is 0. The van der Waals surface area contributed by atoms with Gasteiger partial charge in [0, 0.05) is 31.6 Å². The van der Waals surface area contributed by atoms with Crippen LogP contribution in [0.25, 0.3) is 0 Å².